The number of hydrogen-bond acceptors (Lipinski definition) is 2. The lowest BCUT2D eigenvalue weighted by molar-refractivity contribution is -0.129. The first-order valence-electron chi connectivity index (χ1n) is 6.92. The molecular formula is C17H17ClFNOS. The van der Waals surface area contributed by atoms with Crippen molar-refractivity contribution >= 4 is 29.3 Å². The molecule has 0 saturated heterocycles. The van der Waals surface area contributed by atoms with Gasteiger partial charge in [0.2, 0.25) is 5.91 Å². The van der Waals surface area contributed by atoms with Gasteiger partial charge in [0.05, 0.1) is 0 Å². The van der Waals surface area contributed by atoms with E-state index < -0.39 is 0 Å². The minimum atomic E-state index is -0.243. The molecule has 0 radical (unpaired) electrons. The van der Waals surface area contributed by atoms with Gasteiger partial charge in [0, 0.05) is 35.7 Å². The van der Waals surface area contributed by atoms with Crippen molar-refractivity contribution in [3.63, 3.8) is 0 Å². The van der Waals surface area contributed by atoms with E-state index in [1.54, 1.807) is 36.2 Å². The Hall–Kier alpha value is -1.52. The summed E-state index contributed by atoms with van der Waals surface area (Å²) in [5.74, 6) is 0.343. The molecule has 0 unspecified atom stereocenters. The summed E-state index contributed by atoms with van der Waals surface area (Å²) in [5, 5.41) is 0.661. The fourth-order valence-electron chi connectivity index (χ4n) is 2.00. The number of carbonyl (C=O) groups is 1. The highest BCUT2D eigenvalue weighted by molar-refractivity contribution is 7.99. The van der Waals surface area contributed by atoms with Crippen LogP contribution in [0.3, 0.4) is 0 Å². The summed E-state index contributed by atoms with van der Waals surface area (Å²) in [6, 6.07) is 14.0. The fraction of sp³-hybridized carbons (Fsp3) is 0.235. The Morgan fingerprint density at radius 1 is 1.23 bits per heavy atom. The molecule has 0 fully saturated rings. The molecule has 0 aliphatic carbocycles. The summed E-state index contributed by atoms with van der Waals surface area (Å²) in [5.41, 5.74) is 0.991. The van der Waals surface area contributed by atoms with E-state index in [2.05, 4.69) is 0 Å². The van der Waals surface area contributed by atoms with Crippen LogP contribution in [0.15, 0.2) is 53.4 Å². The van der Waals surface area contributed by atoms with Crippen molar-refractivity contribution < 1.29 is 9.18 Å². The van der Waals surface area contributed by atoms with Crippen molar-refractivity contribution in [1.29, 1.82) is 0 Å². The lowest BCUT2D eigenvalue weighted by Gasteiger charge is -2.17. The molecule has 0 atom stereocenters. The predicted octanol–water partition coefficient (Wildman–Crippen LogP) is 4.62. The van der Waals surface area contributed by atoms with Crippen molar-refractivity contribution in [3.05, 3.63) is 64.9 Å². The third-order valence-electron chi connectivity index (χ3n) is 3.14. The molecular weight excluding hydrogens is 321 g/mol. The minimum absolute atomic E-state index is 0.0313. The van der Waals surface area contributed by atoms with Crippen molar-refractivity contribution in [2.75, 3.05) is 12.8 Å². The second-order valence-corrected chi connectivity index (χ2v) is 6.48. The van der Waals surface area contributed by atoms with Crippen LogP contribution in [0.25, 0.3) is 0 Å². The van der Waals surface area contributed by atoms with E-state index in [0.29, 0.717) is 28.6 Å². The molecule has 22 heavy (non-hydrogen) atoms. The Balaban J connectivity index is 1.80. The van der Waals surface area contributed by atoms with E-state index in [1.165, 1.54) is 17.8 Å². The van der Waals surface area contributed by atoms with Gasteiger partial charge in [-0.1, -0.05) is 35.9 Å². The summed E-state index contributed by atoms with van der Waals surface area (Å²) in [7, 11) is 1.76. The molecule has 0 aromatic heterocycles. The third kappa shape index (κ3) is 5.04. The Morgan fingerprint density at radius 2 is 2.00 bits per heavy atom. The second-order valence-electron chi connectivity index (χ2n) is 4.91. The summed E-state index contributed by atoms with van der Waals surface area (Å²) in [4.78, 5) is 14.3. The fourth-order valence-corrected chi connectivity index (χ4v) is 3.09. The summed E-state index contributed by atoms with van der Waals surface area (Å²) >= 11 is 7.29. The van der Waals surface area contributed by atoms with Gasteiger partial charge in [0.15, 0.2) is 0 Å². The first kappa shape index (κ1) is 16.8. The molecule has 116 valence electrons. The zero-order valence-corrected chi connectivity index (χ0v) is 13.8. The maximum absolute atomic E-state index is 13.5. The maximum atomic E-state index is 13.5. The van der Waals surface area contributed by atoms with E-state index in [4.69, 9.17) is 11.6 Å². The predicted molar refractivity (Wildman–Crippen MR) is 89.7 cm³/mol. The quantitative estimate of drug-likeness (QED) is 0.717. The number of thioether (sulfide) groups is 1. The Morgan fingerprint density at radius 3 is 2.73 bits per heavy atom. The van der Waals surface area contributed by atoms with E-state index in [0.717, 1.165) is 5.56 Å². The topological polar surface area (TPSA) is 20.3 Å². The first-order valence-corrected chi connectivity index (χ1v) is 8.28. The monoisotopic (exact) mass is 337 g/mol. The average molecular weight is 338 g/mol. The molecule has 0 heterocycles. The van der Waals surface area contributed by atoms with Crippen molar-refractivity contribution in [1.82, 2.24) is 4.90 Å². The molecule has 2 aromatic rings. The van der Waals surface area contributed by atoms with Crippen LogP contribution in [-0.2, 0) is 11.3 Å². The van der Waals surface area contributed by atoms with Gasteiger partial charge < -0.3 is 4.90 Å². The van der Waals surface area contributed by atoms with E-state index in [-0.39, 0.29) is 11.7 Å². The zero-order valence-electron chi connectivity index (χ0n) is 12.3. The zero-order chi connectivity index (χ0) is 15.9. The molecule has 2 nitrogen and oxygen atoms in total. The summed E-state index contributed by atoms with van der Waals surface area (Å²) in [6.07, 6.45) is 0.371. The minimum Gasteiger partial charge on any atom is -0.341 e. The van der Waals surface area contributed by atoms with Crippen molar-refractivity contribution in [2.45, 2.75) is 17.9 Å². The SMILES string of the molecule is CN(Cc1cccc(Cl)c1)C(=O)CCSc1ccccc1F. The normalized spacial score (nSPS) is 10.5. The van der Waals surface area contributed by atoms with Crippen LogP contribution in [0.1, 0.15) is 12.0 Å². The van der Waals surface area contributed by atoms with Gasteiger partial charge >= 0.3 is 0 Å². The highest BCUT2D eigenvalue weighted by Crippen LogP contribution is 2.22. The third-order valence-corrected chi connectivity index (χ3v) is 4.43. The molecule has 0 N–H and O–H groups in total. The van der Waals surface area contributed by atoms with E-state index in [1.807, 2.05) is 18.2 Å². The number of amides is 1. The van der Waals surface area contributed by atoms with Crippen LogP contribution < -0.4 is 0 Å². The van der Waals surface area contributed by atoms with Gasteiger partial charge in [-0.2, -0.15) is 0 Å². The molecule has 2 rings (SSSR count). The molecule has 0 aliphatic rings. The van der Waals surface area contributed by atoms with Gasteiger partial charge in [-0.15, -0.1) is 11.8 Å². The van der Waals surface area contributed by atoms with Crippen LogP contribution in [0, 0.1) is 5.82 Å². The number of benzene rings is 2. The Labute approximate surface area is 139 Å². The maximum Gasteiger partial charge on any atom is 0.223 e. The number of halogens is 2. The van der Waals surface area contributed by atoms with Crippen LogP contribution >= 0.6 is 23.4 Å². The van der Waals surface area contributed by atoms with Crippen LogP contribution in [-0.4, -0.2) is 23.6 Å². The smallest absolute Gasteiger partial charge is 0.223 e. The van der Waals surface area contributed by atoms with Crippen molar-refractivity contribution in [2.24, 2.45) is 0 Å². The number of rotatable bonds is 6. The lowest BCUT2D eigenvalue weighted by atomic mass is 10.2. The van der Waals surface area contributed by atoms with E-state index >= 15 is 0 Å². The van der Waals surface area contributed by atoms with Gasteiger partial charge in [0.1, 0.15) is 5.82 Å². The second kappa shape index (κ2) is 8.20. The van der Waals surface area contributed by atoms with E-state index in [9.17, 15) is 9.18 Å². The van der Waals surface area contributed by atoms with Gasteiger partial charge in [0.25, 0.3) is 0 Å². The standard InChI is InChI=1S/C17H17ClFNOS/c1-20(12-13-5-4-6-14(18)11-13)17(21)9-10-22-16-8-3-2-7-15(16)19/h2-8,11H,9-10,12H2,1H3. The molecule has 0 spiro atoms. The molecule has 5 heteroatoms. The van der Waals surface area contributed by atoms with Gasteiger partial charge in [-0.05, 0) is 29.8 Å². The first-order chi connectivity index (χ1) is 10.6. The largest absolute Gasteiger partial charge is 0.341 e. The highest BCUT2D eigenvalue weighted by Gasteiger charge is 2.10. The van der Waals surface area contributed by atoms with Gasteiger partial charge in [-0.3, -0.25) is 4.79 Å². The van der Waals surface area contributed by atoms with Crippen LogP contribution in [0.5, 0.6) is 0 Å². The molecule has 0 bridgehead atoms. The Bertz CT molecular complexity index is 650. The molecule has 1 amide bonds. The number of nitrogens with zero attached hydrogens (tertiary/aromatic N) is 1. The number of carbonyl (C=O) groups excluding carboxylic acids is 1. The lowest BCUT2D eigenvalue weighted by Crippen LogP contribution is -2.26. The van der Waals surface area contributed by atoms with Crippen LogP contribution in [0.2, 0.25) is 5.02 Å². The summed E-state index contributed by atoms with van der Waals surface area (Å²) < 4.78 is 13.5. The van der Waals surface area contributed by atoms with Crippen molar-refractivity contribution in [3.8, 4) is 0 Å². The molecule has 0 aliphatic heterocycles. The van der Waals surface area contributed by atoms with Crippen LogP contribution in [0.4, 0.5) is 4.39 Å². The van der Waals surface area contributed by atoms with Gasteiger partial charge in [-0.25, -0.2) is 4.39 Å². The Kier molecular flexibility index (Phi) is 6.28. The average Bonchev–Trinajstić information content (AvgIpc) is 2.49. The highest BCUT2D eigenvalue weighted by atomic mass is 35.5. The molecule has 2 aromatic carbocycles. The number of hydrogen-bond donors (Lipinski definition) is 0. The summed E-state index contributed by atoms with van der Waals surface area (Å²) in [6.45, 7) is 0.518. The molecule has 0 saturated carbocycles.